The van der Waals surface area contributed by atoms with Crippen molar-refractivity contribution in [2.75, 3.05) is 6.54 Å². The van der Waals surface area contributed by atoms with Gasteiger partial charge in [0.05, 0.1) is 11.0 Å². The highest BCUT2D eigenvalue weighted by atomic mass is 19.1. The molecule has 0 saturated heterocycles. The standard InChI is InChI=1S/C16H14FN3O2/c17-12-5-3-4-11(10-12)15(21)18-8-9-20-14-7-2-1-6-13(14)19-16(20)22/h1-7,10H,8-9H2,(H,18,21)(H,19,22). The number of carbonyl (C=O) groups excluding carboxylic acids is 1. The monoisotopic (exact) mass is 299 g/mol. The zero-order chi connectivity index (χ0) is 15.5. The quantitative estimate of drug-likeness (QED) is 0.772. The van der Waals surface area contributed by atoms with Crippen LogP contribution in [0.2, 0.25) is 0 Å². The molecule has 0 atom stereocenters. The SMILES string of the molecule is O=C(NCCn1c(=O)[nH]c2ccccc21)c1cccc(F)c1. The average molecular weight is 299 g/mol. The molecule has 3 aromatic rings. The lowest BCUT2D eigenvalue weighted by atomic mass is 10.2. The van der Waals surface area contributed by atoms with Gasteiger partial charge in [-0.1, -0.05) is 18.2 Å². The van der Waals surface area contributed by atoms with Crippen LogP contribution in [0.4, 0.5) is 4.39 Å². The van der Waals surface area contributed by atoms with Crippen LogP contribution in [0.15, 0.2) is 53.3 Å². The van der Waals surface area contributed by atoms with Crippen LogP contribution in [0.25, 0.3) is 11.0 Å². The summed E-state index contributed by atoms with van der Waals surface area (Å²) in [5.41, 5.74) is 1.57. The molecule has 0 saturated carbocycles. The van der Waals surface area contributed by atoms with Gasteiger partial charge in [0.1, 0.15) is 5.82 Å². The number of nitrogens with zero attached hydrogens (tertiary/aromatic N) is 1. The molecule has 1 aromatic heterocycles. The van der Waals surface area contributed by atoms with Crippen LogP contribution >= 0.6 is 0 Å². The van der Waals surface area contributed by atoms with Crippen molar-refractivity contribution in [2.45, 2.75) is 6.54 Å². The molecule has 0 bridgehead atoms. The summed E-state index contributed by atoms with van der Waals surface area (Å²) >= 11 is 0. The number of imidazole rings is 1. The highest BCUT2D eigenvalue weighted by Crippen LogP contribution is 2.08. The molecular weight excluding hydrogens is 285 g/mol. The molecule has 2 N–H and O–H groups in total. The molecule has 0 spiro atoms. The lowest BCUT2D eigenvalue weighted by molar-refractivity contribution is 0.0952. The van der Waals surface area contributed by atoms with Gasteiger partial charge >= 0.3 is 5.69 Å². The second-order valence-corrected chi connectivity index (χ2v) is 4.87. The molecule has 0 aliphatic carbocycles. The van der Waals surface area contributed by atoms with Gasteiger partial charge in [-0.25, -0.2) is 9.18 Å². The van der Waals surface area contributed by atoms with Gasteiger partial charge in [-0.15, -0.1) is 0 Å². The summed E-state index contributed by atoms with van der Waals surface area (Å²) in [5.74, 6) is -0.826. The number of aromatic amines is 1. The Morgan fingerprint density at radius 2 is 2.00 bits per heavy atom. The van der Waals surface area contributed by atoms with Crippen LogP contribution < -0.4 is 11.0 Å². The van der Waals surface area contributed by atoms with Crippen LogP contribution in [-0.2, 0) is 6.54 Å². The molecule has 0 radical (unpaired) electrons. The first-order valence-corrected chi connectivity index (χ1v) is 6.86. The highest BCUT2D eigenvalue weighted by Gasteiger charge is 2.08. The number of benzene rings is 2. The Kier molecular flexibility index (Phi) is 3.74. The number of para-hydroxylation sites is 2. The topological polar surface area (TPSA) is 66.9 Å². The molecule has 0 unspecified atom stereocenters. The molecule has 0 aliphatic rings. The van der Waals surface area contributed by atoms with Crippen molar-refractivity contribution in [2.24, 2.45) is 0 Å². The van der Waals surface area contributed by atoms with Crippen molar-refractivity contribution >= 4 is 16.9 Å². The van der Waals surface area contributed by atoms with Crippen molar-refractivity contribution < 1.29 is 9.18 Å². The molecule has 5 nitrogen and oxygen atoms in total. The van der Waals surface area contributed by atoms with Crippen molar-refractivity contribution in [3.8, 4) is 0 Å². The minimum absolute atomic E-state index is 0.221. The molecule has 0 fully saturated rings. The second-order valence-electron chi connectivity index (χ2n) is 4.87. The summed E-state index contributed by atoms with van der Waals surface area (Å²) in [6.07, 6.45) is 0. The highest BCUT2D eigenvalue weighted by molar-refractivity contribution is 5.94. The minimum Gasteiger partial charge on any atom is -0.350 e. The summed E-state index contributed by atoms with van der Waals surface area (Å²) in [6, 6.07) is 12.8. The number of fused-ring (bicyclic) bond motifs is 1. The molecule has 0 aliphatic heterocycles. The summed E-state index contributed by atoms with van der Waals surface area (Å²) in [4.78, 5) is 26.5. The Bertz CT molecular complexity index is 882. The maximum absolute atomic E-state index is 13.1. The number of hydrogen-bond acceptors (Lipinski definition) is 2. The molecule has 1 amide bonds. The van der Waals surface area contributed by atoms with Crippen LogP contribution in [0.3, 0.4) is 0 Å². The van der Waals surface area contributed by atoms with Crippen LogP contribution in [0.5, 0.6) is 0 Å². The van der Waals surface area contributed by atoms with E-state index in [9.17, 15) is 14.0 Å². The molecule has 2 aromatic carbocycles. The first kappa shape index (κ1) is 14.1. The maximum atomic E-state index is 13.1. The molecule has 22 heavy (non-hydrogen) atoms. The van der Waals surface area contributed by atoms with Crippen molar-refractivity contribution in [1.82, 2.24) is 14.9 Å². The van der Waals surface area contributed by atoms with E-state index in [4.69, 9.17) is 0 Å². The van der Waals surface area contributed by atoms with Gasteiger partial charge < -0.3 is 10.3 Å². The maximum Gasteiger partial charge on any atom is 0.326 e. The fraction of sp³-hybridized carbons (Fsp3) is 0.125. The number of rotatable bonds is 4. The smallest absolute Gasteiger partial charge is 0.326 e. The van der Waals surface area contributed by atoms with Crippen LogP contribution in [-0.4, -0.2) is 22.0 Å². The molecule has 6 heteroatoms. The third-order valence-electron chi connectivity index (χ3n) is 3.39. The average Bonchev–Trinajstić information content (AvgIpc) is 2.83. The van der Waals surface area contributed by atoms with E-state index in [2.05, 4.69) is 10.3 Å². The number of halogens is 1. The van der Waals surface area contributed by atoms with E-state index in [0.29, 0.717) is 6.54 Å². The van der Waals surface area contributed by atoms with E-state index in [0.717, 1.165) is 11.0 Å². The zero-order valence-corrected chi connectivity index (χ0v) is 11.7. The van der Waals surface area contributed by atoms with Crippen molar-refractivity contribution in [3.63, 3.8) is 0 Å². The molecule has 1 heterocycles. The van der Waals surface area contributed by atoms with Gasteiger partial charge in [0.2, 0.25) is 0 Å². The van der Waals surface area contributed by atoms with E-state index in [1.807, 2.05) is 24.3 Å². The number of hydrogen-bond donors (Lipinski definition) is 2. The number of nitrogens with one attached hydrogen (secondary N) is 2. The molecule has 3 rings (SSSR count). The van der Waals surface area contributed by atoms with Crippen LogP contribution in [0.1, 0.15) is 10.4 Å². The third kappa shape index (κ3) is 2.76. The largest absolute Gasteiger partial charge is 0.350 e. The predicted molar refractivity (Wildman–Crippen MR) is 81.3 cm³/mol. The minimum atomic E-state index is -0.458. The Labute approximate surface area is 125 Å². The summed E-state index contributed by atoms with van der Waals surface area (Å²) in [5, 5.41) is 2.68. The Hall–Kier alpha value is -2.89. The first-order valence-electron chi connectivity index (χ1n) is 6.86. The fourth-order valence-electron chi connectivity index (χ4n) is 2.34. The fourth-order valence-corrected chi connectivity index (χ4v) is 2.34. The first-order chi connectivity index (χ1) is 10.6. The number of H-pyrrole nitrogens is 1. The van der Waals surface area contributed by atoms with E-state index in [1.54, 1.807) is 4.57 Å². The van der Waals surface area contributed by atoms with E-state index < -0.39 is 5.82 Å². The molecule has 112 valence electrons. The summed E-state index contributed by atoms with van der Waals surface area (Å²) < 4.78 is 14.6. The predicted octanol–water partition coefficient (Wildman–Crippen LogP) is 1.90. The Morgan fingerprint density at radius 3 is 2.82 bits per heavy atom. The van der Waals surface area contributed by atoms with Crippen LogP contribution in [0, 0.1) is 5.82 Å². The van der Waals surface area contributed by atoms with Crippen molar-refractivity contribution in [3.05, 3.63) is 70.4 Å². The van der Waals surface area contributed by atoms with E-state index in [1.165, 1.54) is 24.3 Å². The third-order valence-corrected chi connectivity index (χ3v) is 3.39. The van der Waals surface area contributed by atoms with Gasteiger partial charge in [0, 0.05) is 18.7 Å². The van der Waals surface area contributed by atoms with Gasteiger partial charge in [-0.05, 0) is 30.3 Å². The van der Waals surface area contributed by atoms with E-state index >= 15 is 0 Å². The normalized spacial score (nSPS) is 10.8. The second kappa shape index (κ2) is 5.85. The molecular formula is C16H14FN3O2. The lowest BCUT2D eigenvalue weighted by Crippen LogP contribution is -2.30. The van der Waals surface area contributed by atoms with Crippen molar-refractivity contribution in [1.29, 1.82) is 0 Å². The van der Waals surface area contributed by atoms with Gasteiger partial charge in [-0.2, -0.15) is 0 Å². The van der Waals surface area contributed by atoms with E-state index in [-0.39, 0.29) is 23.7 Å². The zero-order valence-electron chi connectivity index (χ0n) is 11.7. The lowest BCUT2D eigenvalue weighted by Gasteiger charge is -2.06. The number of amides is 1. The van der Waals surface area contributed by atoms with Gasteiger partial charge in [0.25, 0.3) is 5.91 Å². The van der Waals surface area contributed by atoms with Gasteiger partial charge in [-0.3, -0.25) is 9.36 Å². The Balaban J connectivity index is 1.69. The summed E-state index contributed by atoms with van der Waals surface area (Å²) in [7, 11) is 0. The summed E-state index contributed by atoms with van der Waals surface area (Å²) in [6.45, 7) is 0.612. The number of carbonyl (C=O) groups is 1. The van der Waals surface area contributed by atoms with Gasteiger partial charge in [0.15, 0.2) is 0 Å². The Morgan fingerprint density at radius 1 is 1.18 bits per heavy atom. The number of aromatic nitrogens is 2.